The van der Waals surface area contributed by atoms with E-state index in [-0.39, 0.29) is 11.9 Å². The fraction of sp³-hybridized carbons (Fsp3) is 0.588. The molecule has 5 nitrogen and oxygen atoms in total. The Bertz CT molecular complexity index is 539. The van der Waals surface area contributed by atoms with Gasteiger partial charge in [-0.2, -0.15) is 0 Å². The number of benzene rings is 1. The van der Waals surface area contributed by atoms with Gasteiger partial charge in [0.2, 0.25) is 5.91 Å². The number of hydrogen-bond acceptors (Lipinski definition) is 4. The Morgan fingerprint density at radius 2 is 1.83 bits per heavy atom. The first-order chi connectivity index (χ1) is 11.1. The van der Waals surface area contributed by atoms with Gasteiger partial charge in [0, 0.05) is 57.4 Å². The molecular formula is C17H25ClN4O. The number of piperazine rings is 2. The van der Waals surface area contributed by atoms with Crippen molar-refractivity contribution in [3.63, 3.8) is 0 Å². The Kier molecular flexibility index (Phi) is 5.54. The fourth-order valence-corrected chi connectivity index (χ4v) is 3.53. The molecule has 0 bridgehead atoms. The summed E-state index contributed by atoms with van der Waals surface area (Å²) in [5, 5.41) is 4.05. The lowest BCUT2D eigenvalue weighted by Crippen LogP contribution is -2.53. The second-order valence-electron chi connectivity index (χ2n) is 6.37. The minimum Gasteiger partial charge on any atom is -0.338 e. The third-order valence-corrected chi connectivity index (χ3v) is 4.97. The third-order valence-electron chi connectivity index (χ3n) is 4.73. The Balaban J connectivity index is 1.83. The van der Waals surface area contributed by atoms with Gasteiger partial charge in [-0.15, -0.1) is 0 Å². The van der Waals surface area contributed by atoms with Crippen LogP contribution in [0.3, 0.4) is 0 Å². The Labute approximate surface area is 143 Å². The molecule has 6 heteroatoms. The zero-order valence-electron chi connectivity index (χ0n) is 13.7. The maximum atomic E-state index is 13.2. The van der Waals surface area contributed by atoms with Gasteiger partial charge in [0.05, 0.1) is 0 Å². The molecular weight excluding hydrogens is 312 g/mol. The van der Waals surface area contributed by atoms with Crippen molar-refractivity contribution in [3.8, 4) is 0 Å². The van der Waals surface area contributed by atoms with Crippen LogP contribution in [0.15, 0.2) is 24.3 Å². The highest BCUT2D eigenvalue weighted by atomic mass is 35.5. The molecule has 1 atom stereocenters. The lowest BCUT2D eigenvalue weighted by Gasteiger charge is -2.39. The average molecular weight is 337 g/mol. The number of likely N-dealkylation sites (N-methyl/N-ethyl adjacent to an activating group) is 1. The summed E-state index contributed by atoms with van der Waals surface area (Å²) >= 11 is 6.17. The van der Waals surface area contributed by atoms with E-state index >= 15 is 0 Å². The second-order valence-corrected chi connectivity index (χ2v) is 6.81. The van der Waals surface area contributed by atoms with E-state index in [0.717, 1.165) is 57.9 Å². The predicted molar refractivity (Wildman–Crippen MR) is 92.7 cm³/mol. The highest BCUT2D eigenvalue weighted by Crippen LogP contribution is 2.26. The molecule has 1 unspecified atom stereocenters. The summed E-state index contributed by atoms with van der Waals surface area (Å²) in [7, 11) is 2.10. The topological polar surface area (TPSA) is 38.8 Å². The molecule has 2 saturated heterocycles. The second kappa shape index (κ2) is 7.62. The number of amides is 1. The van der Waals surface area contributed by atoms with Crippen molar-refractivity contribution in [2.45, 2.75) is 6.04 Å². The van der Waals surface area contributed by atoms with Gasteiger partial charge in [0.1, 0.15) is 6.04 Å². The van der Waals surface area contributed by atoms with Crippen molar-refractivity contribution >= 4 is 17.5 Å². The number of carbonyl (C=O) groups is 1. The molecule has 23 heavy (non-hydrogen) atoms. The van der Waals surface area contributed by atoms with Crippen LogP contribution in [0.4, 0.5) is 0 Å². The maximum absolute atomic E-state index is 13.2. The number of hydrogen-bond donors (Lipinski definition) is 1. The van der Waals surface area contributed by atoms with E-state index in [1.807, 2.05) is 29.2 Å². The van der Waals surface area contributed by atoms with Gasteiger partial charge in [-0.3, -0.25) is 9.69 Å². The summed E-state index contributed by atoms with van der Waals surface area (Å²) < 4.78 is 0. The van der Waals surface area contributed by atoms with E-state index in [4.69, 9.17) is 11.6 Å². The van der Waals surface area contributed by atoms with E-state index in [2.05, 4.69) is 22.2 Å². The van der Waals surface area contributed by atoms with Gasteiger partial charge >= 0.3 is 0 Å². The molecule has 0 spiro atoms. The predicted octanol–water partition coefficient (Wildman–Crippen LogP) is 1.06. The molecule has 0 aliphatic carbocycles. The van der Waals surface area contributed by atoms with Crippen LogP contribution in [0.2, 0.25) is 5.02 Å². The first-order valence-electron chi connectivity index (χ1n) is 8.33. The van der Waals surface area contributed by atoms with E-state index in [1.54, 1.807) is 0 Å². The van der Waals surface area contributed by atoms with Gasteiger partial charge in [0.15, 0.2) is 0 Å². The van der Waals surface area contributed by atoms with Crippen molar-refractivity contribution in [2.24, 2.45) is 0 Å². The number of halogens is 1. The zero-order valence-corrected chi connectivity index (χ0v) is 14.4. The van der Waals surface area contributed by atoms with Crippen LogP contribution in [-0.4, -0.2) is 80.0 Å². The summed E-state index contributed by atoms with van der Waals surface area (Å²) in [5.74, 6) is 0.210. The number of carbonyl (C=O) groups excluding carboxylic acids is 1. The fourth-order valence-electron chi connectivity index (χ4n) is 3.33. The summed E-state index contributed by atoms with van der Waals surface area (Å²) in [4.78, 5) is 19.8. The Morgan fingerprint density at radius 3 is 2.48 bits per heavy atom. The van der Waals surface area contributed by atoms with Crippen LogP contribution in [0.25, 0.3) is 0 Å². The molecule has 1 amide bonds. The molecule has 2 aliphatic rings. The summed E-state index contributed by atoms with van der Waals surface area (Å²) in [6.45, 7) is 7.11. The van der Waals surface area contributed by atoms with Crippen LogP contribution in [0.5, 0.6) is 0 Å². The van der Waals surface area contributed by atoms with Gasteiger partial charge in [-0.1, -0.05) is 23.7 Å². The highest BCUT2D eigenvalue weighted by Gasteiger charge is 2.33. The van der Waals surface area contributed by atoms with Gasteiger partial charge in [0.25, 0.3) is 0 Å². The van der Waals surface area contributed by atoms with Crippen LogP contribution in [0.1, 0.15) is 11.6 Å². The molecule has 1 aromatic carbocycles. The number of nitrogens with one attached hydrogen (secondary N) is 1. The van der Waals surface area contributed by atoms with Crippen molar-refractivity contribution in [1.29, 1.82) is 0 Å². The molecule has 0 radical (unpaired) electrons. The van der Waals surface area contributed by atoms with E-state index in [1.165, 1.54) is 0 Å². The van der Waals surface area contributed by atoms with E-state index in [0.29, 0.717) is 5.02 Å². The summed E-state index contributed by atoms with van der Waals surface area (Å²) in [6.07, 6.45) is 0. The summed E-state index contributed by atoms with van der Waals surface area (Å²) in [5.41, 5.74) is 1.00. The van der Waals surface area contributed by atoms with Crippen molar-refractivity contribution < 1.29 is 4.79 Å². The molecule has 126 valence electrons. The van der Waals surface area contributed by atoms with Crippen molar-refractivity contribution in [3.05, 3.63) is 34.9 Å². The van der Waals surface area contributed by atoms with Crippen LogP contribution in [0, 0.1) is 0 Å². The quantitative estimate of drug-likeness (QED) is 0.896. The standard InChI is InChI=1S/C17H25ClN4O/c1-20-9-11-22(12-10-20)17(23)16(21-7-5-19-6-8-21)14-3-2-4-15(18)13-14/h2-4,13,16,19H,5-12H2,1H3. The van der Waals surface area contributed by atoms with E-state index < -0.39 is 0 Å². The monoisotopic (exact) mass is 336 g/mol. The molecule has 3 rings (SSSR count). The molecule has 0 aromatic heterocycles. The Hall–Kier alpha value is -1.14. The first kappa shape index (κ1) is 16.7. The molecule has 2 fully saturated rings. The van der Waals surface area contributed by atoms with Crippen LogP contribution >= 0.6 is 11.6 Å². The zero-order chi connectivity index (χ0) is 16.2. The largest absolute Gasteiger partial charge is 0.338 e. The van der Waals surface area contributed by atoms with Crippen LogP contribution in [-0.2, 0) is 4.79 Å². The third kappa shape index (κ3) is 4.04. The highest BCUT2D eigenvalue weighted by molar-refractivity contribution is 6.30. The lowest BCUT2D eigenvalue weighted by atomic mass is 10.0. The van der Waals surface area contributed by atoms with Crippen molar-refractivity contribution in [2.75, 3.05) is 59.4 Å². The maximum Gasteiger partial charge on any atom is 0.244 e. The minimum absolute atomic E-state index is 0.210. The van der Waals surface area contributed by atoms with Gasteiger partial charge in [-0.05, 0) is 24.7 Å². The van der Waals surface area contributed by atoms with Gasteiger partial charge < -0.3 is 15.1 Å². The smallest absolute Gasteiger partial charge is 0.244 e. The molecule has 2 aliphatic heterocycles. The van der Waals surface area contributed by atoms with Crippen molar-refractivity contribution in [1.82, 2.24) is 20.0 Å². The Morgan fingerprint density at radius 1 is 1.13 bits per heavy atom. The number of rotatable bonds is 3. The SMILES string of the molecule is CN1CCN(C(=O)C(c2cccc(Cl)c2)N2CCNCC2)CC1. The molecule has 1 aromatic rings. The van der Waals surface area contributed by atoms with Crippen LogP contribution < -0.4 is 5.32 Å². The lowest BCUT2D eigenvalue weighted by molar-refractivity contribution is -0.139. The normalized spacial score (nSPS) is 22.1. The summed E-state index contributed by atoms with van der Waals surface area (Å²) in [6, 6.07) is 7.53. The van der Waals surface area contributed by atoms with E-state index in [9.17, 15) is 4.79 Å². The molecule has 2 heterocycles. The van der Waals surface area contributed by atoms with Gasteiger partial charge in [-0.25, -0.2) is 0 Å². The average Bonchev–Trinajstić information content (AvgIpc) is 2.57. The first-order valence-corrected chi connectivity index (χ1v) is 8.70. The number of nitrogens with zero attached hydrogens (tertiary/aromatic N) is 3. The minimum atomic E-state index is -0.223. The molecule has 1 N–H and O–H groups in total. The molecule has 0 saturated carbocycles.